The highest BCUT2D eigenvalue weighted by molar-refractivity contribution is 5.70. The first-order valence-corrected chi connectivity index (χ1v) is 18.0. The number of hydrogen-bond acceptors (Lipinski definition) is 6. The molecule has 6 rings (SSSR count). The van der Waals surface area contributed by atoms with Crippen LogP contribution in [0.15, 0.2) is 18.2 Å². The Morgan fingerprint density at radius 1 is 0.756 bits per heavy atom. The molecular formula is C39H60O6. The minimum absolute atomic E-state index is 0.0455. The number of rotatable bonds is 4. The summed E-state index contributed by atoms with van der Waals surface area (Å²) in [5.74, 6) is 1.12. The zero-order chi connectivity index (χ0) is 32.8. The van der Waals surface area contributed by atoms with E-state index in [-0.39, 0.29) is 69.1 Å². The lowest BCUT2D eigenvalue weighted by Crippen LogP contribution is -2.62. The molecule has 0 spiro atoms. The average molecular weight is 625 g/mol. The molecule has 0 unspecified atom stereocenters. The molecule has 0 radical (unpaired) electrons. The maximum absolute atomic E-state index is 13.1. The van der Waals surface area contributed by atoms with Crippen molar-refractivity contribution in [2.45, 2.75) is 150 Å². The van der Waals surface area contributed by atoms with Gasteiger partial charge in [-0.3, -0.25) is 4.79 Å². The monoisotopic (exact) mass is 624 g/mol. The van der Waals surface area contributed by atoms with Crippen LogP contribution in [0, 0.1) is 50.7 Å². The maximum atomic E-state index is 13.1. The number of ether oxygens (including phenoxy) is 1. The van der Waals surface area contributed by atoms with Gasteiger partial charge in [-0.25, -0.2) is 0 Å². The number of carbonyl (C=O) groups is 1. The van der Waals surface area contributed by atoms with Crippen LogP contribution in [0.2, 0.25) is 0 Å². The molecule has 5 aliphatic rings. The van der Waals surface area contributed by atoms with E-state index in [0.29, 0.717) is 24.2 Å². The molecule has 4 N–H and O–H groups in total. The fraction of sp³-hybridized carbons (Fsp3) is 0.821. The number of phenols is 2. The largest absolute Gasteiger partial charge is 0.504 e. The zero-order valence-corrected chi connectivity index (χ0v) is 29.0. The van der Waals surface area contributed by atoms with Crippen molar-refractivity contribution in [3.63, 3.8) is 0 Å². The van der Waals surface area contributed by atoms with Crippen molar-refractivity contribution < 1.29 is 30.0 Å². The van der Waals surface area contributed by atoms with E-state index in [1.54, 1.807) is 6.07 Å². The molecule has 1 aromatic carbocycles. The van der Waals surface area contributed by atoms with Crippen LogP contribution in [0.25, 0.3) is 0 Å². The molecule has 5 aliphatic carbocycles. The molecular weight excluding hydrogens is 564 g/mol. The third kappa shape index (κ3) is 5.14. The lowest BCUT2D eigenvalue weighted by molar-refractivity contribution is -0.214. The van der Waals surface area contributed by atoms with Crippen LogP contribution < -0.4 is 0 Å². The van der Waals surface area contributed by atoms with Gasteiger partial charge in [0.2, 0.25) is 0 Å². The van der Waals surface area contributed by atoms with Crippen LogP contribution >= 0.6 is 0 Å². The van der Waals surface area contributed by atoms with Crippen molar-refractivity contribution in [1.82, 2.24) is 0 Å². The van der Waals surface area contributed by atoms with Crippen molar-refractivity contribution >= 4 is 5.97 Å². The van der Waals surface area contributed by atoms with Gasteiger partial charge in [0.25, 0.3) is 0 Å². The Kier molecular flexibility index (Phi) is 8.00. The number of aryl methyl sites for hydroxylation is 1. The summed E-state index contributed by atoms with van der Waals surface area (Å²) >= 11 is 0. The molecule has 6 nitrogen and oxygen atoms in total. The van der Waals surface area contributed by atoms with Gasteiger partial charge in [0.1, 0.15) is 6.10 Å². The summed E-state index contributed by atoms with van der Waals surface area (Å²) in [6.45, 7) is 16.6. The number of aromatic hydroxyl groups is 2. The highest BCUT2D eigenvalue weighted by Gasteiger charge is 2.67. The molecule has 10 atom stereocenters. The van der Waals surface area contributed by atoms with Gasteiger partial charge in [0, 0.05) is 11.8 Å². The molecule has 0 aliphatic heterocycles. The standard InChI is InChI=1S/C39H60O6/c1-34(2)27-15-21-39(44)23-36(5)18-14-28-35(3,4)32(45-33(43)13-9-24-8-10-25(40)26(41)22-24)17-20-37(28,6)29(36)11-12-30(39)38(27,7)19-16-31(34)42/h8,10,22,27-32,40-42,44H,9,11-21,23H2,1-7H3/t27-,28-,29-,30+,31-,32-,36-,37-,38-,39-/m0/s1. The number of aliphatic hydroxyl groups is 2. The summed E-state index contributed by atoms with van der Waals surface area (Å²) in [4.78, 5) is 13.1. The Morgan fingerprint density at radius 3 is 2.09 bits per heavy atom. The van der Waals surface area contributed by atoms with E-state index < -0.39 is 5.60 Å². The average Bonchev–Trinajstić information content (AvgIpc) is 3.07. The number of phenolic OH excluding ortho intramolecular Hbond substituents is 2. The molecule has 0 heterocycles. The first-order chi connectivity index (χ1) is 20.9. The summed E-state index contributed by atoms with van der Waals surface area (Å²) in [6, 6.07) is 4.70. The smallest absolute Gasteiger partial charge is 0.306 e. The van der Waals surface area contributed by atoms with Crippen LogP contribution in [0.1, 0.15) is 131 Å². The lowest BCUT2D eigenvalue weighted by atomic mass is 9.41. The van der Waals surface area contributed by atoms with Gasteiger partial charge in [0.15, 0.2) is 11.5 Å². The molecule has 0 amide bonds. The van der Waals surface area contributed by atoms with Crippen LogP contribution in [-0.4, -0.2) is 44.2 Å². The zero-order valence-electron chi connectivity index (χ0n) is 29.0. The maximum Gasteiger partial charge on any atom is 0.306 e. The number of aliphatic hydroxyl groups excluding tert-OH is 1. The van der Waals surface area contributed by atoms with Crippen LogP contribution in [0.3, 0.4) is 0 Å². The second-order valence-corrected chi connectivity index (χ2v) is 18.3. The topological polar surface area (TPSA) is 107 Å². The predicted molar refractivity (Wildman–Crippen MR) is 176 cm³/mol. The van der Waals surface area contributed by atoms with Crippen LogP contribution in [-0.2, 0) is 16.0 Å². The quantitative estimate of drug-likeness (QED) is 0.200. The summed E-state index contributed by atoms with van der Waals surface area (Å²) in [5, 5.41) is 43.1. The molecule has 0 aromatic heterocycles. The fourth-order valence-electron chi connectivity index (χ4n) is 13.1. The van der Waals surface area contributed by atoms with Gasteiger partial charge >= 0.3 is 5.97 Å². The Labute approximate surface area is 271 Å². The fourth-order valence-corrected chi connectivity index (χ4v) is 13.1. The summed E-state index contributed by atoms with van der Waals surface area (Å²) < 4.78 is 6.24. The van der Waals surface area contributed by atoms with Crippen molar-refractivity contribution in [2.24, 2.45) is 50.7 Å². The lowest BCUT2D eigenvalue weighted by Gasteiger charge is -2.65. The number of benzene rings is 1. The van der Waals surface area contributed by atoms with Gasteiger partial charge in [-0.15, -0.1) is 0 Å². The predicted octanol–water partition coefficient (Wildman–Crippen LogP) is 7.93. The van der Waals surface area contributed by atoms with Gasteiger partial charge in [-0.1, -0.05) is 54.5 Å². The molecule has 5 fully saturated rings. The molecule has 6 heteroatoms. The van der Waals surface area contributed by atoms with E-state index in [0.717, 1.165) is 76.2 Å². The number of hydrogen-bond donors (Lipinski definition) is 4. The Balaban J connectivity index is 1.19. The van der Waals surface area contributed by atoms with E-state index in [1.165, 1.54) is 12.1 Å². The van der Waals surface area contributed by atoms with E-state index in [2.05, 4.69) is 48.5 Å². The van der Waals surface area contributed by atoms with E-state index >= 15 is 0 Å². The summed E-state index contributed by atoms with van der Waals surface area (Å²) in [5.41, 5.74) is 0.119. The highest BCUT2D eigenvalue weighted by atomic mass is 16.5. The van der Waals surface area contributed by atoms with Crippen LogP contribution in [0.5, 0.6) is 11.5 Å². The van der Waals surface area contributed by atoms with Gasteiger partial charge in [-0.2, -0.15) is 0 Å². The second-order valence-electron chi connectivity index (χ2n) is 18.3. The first kappa shape index (κ1) is 33.1. The van der Waals surface area contributed by atoms with Crippen molar-refractivity contribution in [3.05, 3.63) is 23.8 Å². The number of carbonyl (C=O) groups excluding carboxylic acids is 1. The molecule has 1 aromatic rings. The van der Waals surface area contributed by atoms with Crippen LogP contribution in [0.4, 0.5) is 0 Å². The summed E-state index contributed by atoms with van der Waals surface area (Å²) in [7, 11) is 0. The first-order valence-electron chi connectivity index (χ1n) is 18.0. The van der Waals surface area contributed by atoms with E-state index in [1.807, 2.05) is 0 Å². The Hall–Kier alpha value is -1.79. The minimum Gasteiger partial charge on any atom is -0.504 e. The molecule has 5 saturated carbocycles. The number of esters is 1. The molecule has 0 saturated heterocycles. The van der Waals surface area contributed by atoms with E-state index in [9.17, 15) is 25.2 Å². The second kappa shape index (κ2) is 10.9. The van der Waals surface area contributed by atoms with Gasteiger partial charge in [0.05, 0.1) is 11.7 Å². The van der Waals surface area contributed by atoms with Gasteiger partial charge in [-0.05, 0) is 140 Å². The van der Waals surface area contributed by atoms with E-state index in [4.69, 9.17) is 4.74 Å². The SMILES string of the molecule is CC1(C)[C@@H](OC(=O)CCc2ccc(O)c(O)c2)CC[C@@]2(C)[C@H]1CC[C@@]1(C)C[C@@]3(O)CC[C@H]4C(C)(C)[C@@H](O)CC[C@]4(C)[C@H]3CC[C@@H]12. The molecule has 0 bridgehead atoms. The summed E-state index contributed by atoms with van der Waals surface area (Å²) in [6.07, 6.45) is 11.2. The minimum atomic E-state index is -0.646. The van der Waals surface area contributed by atoms with Crippen molar-refractivity contribution in [2.75, 3.05) is 0 Å². The van der Waals surface area contributed by atoms with Gasteiger partial charge < -0.3 is 25.2 Å². The molecule has 252 valence electrons. The highest BCUT2D eigenvalue weighted by Crippen LogP contribution is 2.72. The number of fused-ring (bicyclic) bond motifs is 6. The van der Waals surface area contributed by atoms with Crippen molar-refractivity contribution in [3.8, 4) is 11.5 Å². The third-order valence-electron chi connectivity index (χ3n) is 15.3. The molecule has 45 heavy (non-hydrogen) atoms. The Bertz CT molecular complexity index is 1300. The third-order valence-corrected chi connectivity index (χ3v) is 15.3. The Morgan fingerprint density at radius 2 is 1.38 bits per heavy atom. The normalized spacial score (nSPS) is 45.2. The van der Waals surface area contributed by atoms with Crippen molar-refractivity contribution in [1.29, 1.82) is 0 Å².